The first-order chi connectivity index (χ1) is 16.0. The van der Waals surface area contributed by atoms with E-state index in [4.69, 9.17) is 14.2 Å². The molecule has 1 saturated heterocycles. The van der Waals surface area contributed by atoms with Crippen molar-refractivity contribution in [3.05, 3.63) is 76.0 Å². The summed E-state index contributed by atoms with van der Waals surface area (Å²) < 4.78 is 16.1. The number of ether oxygens (including phenoxy) is 3. The highest BCUT2D eigenvalue weighted by Crippen LogP contribution is 2.45. The maximum absolute atomic E-state index is 13.2. The second-order valence-corrected chi connectivity index (χ2v) is 8.16. The van der Waals surface area contributed by atoms with E-state index in [0.717, 1.165) is 4.88 Å². The normalized spacial score (nSPS) is 17.3. The molecule has 1 aromatic heterocycles. The minimum Gasteiger partial charge on any atom is -0.507 e. The van der Waals surface area contributed by atoms with Crippen molar-refractivity contribution < 1.29 is 28.9 Å². The lowest BCUT2D eigenvalue weighted by molar-refractivity contribution is -0.132. The number of hydrogen-bond acceptors (Lipinski definition) is 7. The first-order valence-electron chi connectivity index (χ1n) is 10.3. The summed E-state index contributed by atoms with van der Waals surface area (Å²) in [4.78, 5) is 28.5. The second kappa shape index (κ2) is 9.38. The van der Waals surface area contributed by atoms with Crippen molar-refractivity contribution >= 4 is 34.5 Å². The van der Waals surface area contributed by atoms with Crippen molar-refractivity contribution in [2.24, 2.45) is 0 Å². The minimum absolute atomic E-state index is 0.000184. The van der Waals surface area contributed by atoms with Crippen molar-refractivity contribution in [1.82, 2.24) is 0 Å². The van der Waals surface area contributed by atoms with Crippen LogP contribution < -0.4 is 19.1 Å². The van der Waals surface area contributed by atoms with Crippen LogP contribution in [0.1, 0.15) is 23.4 Å². The van der Waals surface area contributed by atoms with Gasteiger partial charge in [-0.2, -0.15) is 0 Å². The van der Waals surface area contributed by atoms with Crippen LogP contribution in [-0.4, -0.2) is 37.6 Å². The molecule has 0 saturated carbocycles. The first kappa shape index (κ1) is 22.4. The number of carbonyl (C=O) groups excluding carboxylic acids is 2. The van der Waals surface area contributed by atoms with Gasteiger partial charge in [-0.25, -0.2) is 0 Å². The zero-order chi connectivity index (χ0) is 23.5. The quantitative estimate of drug-likeness (QED) is 0.307. The molecular weight excluding hydrogens is 442 g/mol. The Hall–Kier alpha value is -3.78. The van der Waals surface area contributed by atoms with Crippen molar-refractivity contribution in [1.29, 1.82) is 0 Å². The number of thiophene rings is 1. The molecule has 1 aliphatic heterocycles. The molecule has 2 aromatic carbocycles. The molecule has 1 unspecified atom stereocenters. The molecule has 8 heteroatoms. The Morgan fingerprint density at radius 2 is 1.76 bits per heavy atom. The number of rotatable bonds is 7. The minimum atomic E-state index is -0.783. The van der Waals surface area contributed by atoms with Gasteiger partial charge in [-0.1, -0.05) is 6.07 Å². The van der Waals surface area contributed by atoms with Crippen molar-refractivity contribution in [2.45, 2.75) is 13.0 Å². The number of ketones is 1. The fourth-order valence-corrected chi connectivity index (χ4v) is 4.65. The van der Waals surface area contributed by atoms with Crippen LogP contribution in [0, 0.1) is 0 Å². The number of aliphatic hydroxyl groups excluding tert-OH is 1. The predicted octanol–water partition coefficient (Wildman–Crippen LogP) is 4.79. The number of methoxy groups -OCH3 is 2. The largest absolute Gasteiger partial charge is 0.507 e. The van der Waals surface area contributed by atoms with Gasteiger partial charge < -0.3 is 19.3 Å². The van der Waals surface area contributed by atoms with Crippen LogP contribution >= 0.6 is 11.3 Å². The van der Waals surface area contributed by atoms with Gasteiger partial charge >= 0.3 is 0 Å². The summed E-state index contributed by atoms with van der Waals surface area (Å²) in [6, 6.07) is 14.7. The second-order valence-electron chi connectivity index (χ2n) is 7.18. The summed E-state index contributed by atoms with van der Waals surface area (Å²) in [5, 5.41) is 13.1. The standard InChI is InChI=1S/C25H23NO6S/c1-4-32-16-9-7-15(8-10-16)26-22(20-6-5-13-33-20)21(24(28)25(26)29)23(27)18-12-11-17(30-2)14-19(18)31-3/h5-14,22,27H,4H2,1-3H3/b23-21-. The third kappa shape index (κ3) is 4.05. The molecule has 1 N–H and O–H groups in total. The molecule has 1 aliphatic rings. The highest BCUT2D eigenvalue weighted by atomic mass is 32.1. The summed E-state index contributed by atoms with van der Waals surface area (Å²) in [5.41, 5.74) is 0.823. The van der Waals surface area contributed by atoms with E-state index in [2.05, 4.69) is 0 Å². The van der Waals surface area contributed by atoms with Crippen LogP contribution in [0.15, 0.2) is 65.6 Å². The summed E-state index contributed by atoms with van der Waals surface area (Å²) in [6.07, 6.45) is 0. The van der Waals surface area contributed by atoms with E-state index in [9.17, 15) is 14.7 Å². The van der Waals surface area contributed by atoms with E-state index >= 15 is 0 Å². The number of aliphatic hydroxyl groups is 1. The molecule has 4 rings (SSSR count). The van der Waals surface area contributed by atoms with Gasteiger partial charge in [-0.3, -0.25) is 14.5 Å². The number of nitrogens with zero attached hydrogens (tertiary/aromatic N) is 1. The lowest BCUT2D eigenvalue weighted by atomic mass is 9.99. The highest BCUT2D eigenvalue weighted by molar-refractivity contribution is 7.10. The Morgan fingerprint density at radius 1 is 1.03 bits per heavy atom. The summed E-state index contributed by atoms with van der Waals surface area (Å²) >= 11 is 1.40. The van der Waals surface area contributed by atoms with Crippen molar-refractivity contribution in [3.8, 4) is 17.2 Å². The fourth-order valence-electron chi connectivity index (χ4n) is 3.82. The van der Waals surface area contributed by atoms with E-state index in [0.29, 0.717) is 35.1 Å². The van der Waals surface area contributed by atoms with Gasteiger partial charge in [0.25, 0.3) is 11.7 Å². The third-order valence-electron chi connectivity index (χ3n) is 5.35. The molecule has 0 bridgehead atoms. The van der Waals surface area contributed by atoms with E-state index in [1.807, 2.05) is 24.4 Å². The maximum Gasteiger partial charge on any atom is 0.300 e. The van der Waals surface area contributed by atoms with Crippen LogP contribution in [0.2, 0.25) is 0 Å². The van der Waals surface area contributed by atoms with Gasteiger partial charge in [0.2, 0.25) is 0 Å². The average molecular weight is 466 g/mol. The molecule has 170 valence electrons. The zero-order valence-corrected chi connectivity index (χ0v) is 19.2. The lowest BCUT2D eigenvalue weighted by Gasteiger charge is -2.24. The molecular formula is C25H23NO6S. The highest BCUT2D eigenvalue weighted by Gasteiger charge is 2.47. The van der Waals surface area contributed by atoms with Gasteiger partial charge in [0.1, 0.15) is 29.0 Å². The summed E-state index contributed by atoms with van der Waals surface area (Å²) in [6.45, 7) is 2.40. The summed E-state index contributed by atoms with van der Waals surface area (Å²) in [5.74, 6) is -0.269. The number of hydrogen-bond donors (Lipinski definition) is 1. The maximum atomic E-state index is 13.2. The lowest BCUT2D eigenvalue weighted by Crippen LogP contribution is -2.29. The van der Waals surface area contributed by atoms with Gasteiger partial charge in [-0.05, 0) is 54.8 Å². The van der Waals surface area contributed by atoms with Crippen LogP contribution in [-0.2, 0) is 9.59 Å². The van der Waals surface area contributed by atoms with Crippen molar-refractivity contribution in [3.63, 3.8) is 0 Å². The molecule has 3 aromatic rings. The molecule has 1 fully saturated rings. The molecule has 0 radical (unpaired) electrons. The van der Waals surface area contributed by atoms with E-state index in [1.54, 1.807) is 42.5 Å². The smallest absolute Gasteiger partial charge is 0.300 e. The molecule has 0 aliphatic carbocycles. The number of carbonyl (C=O) groups is 2. The van der Waals surface area contributed by atoms with Crippen LogP contribution in [0.4, 0.5) is 5.69 Å². The Morgan fingerprint density at radius 3 is 2.36 bits per heavy atom. The Kier molecular flexibility index (Phi) is 6.37. The molecule has 1 atom stereocenters. The van der Waals surface area contributed by atoms with E-state index < -0.39 is 17.7 Å². The number of amides is 1. The Balaban J connectivity index is 1.87. The fraction of sp³-hybridized carbons (Fsp3) is 0.200. The number of Topliss-reactive ketones (excluding diaryl/α,β-unsaturated/α-hetero) is 1. The SMILES string of the molecule is CCOc1ccc(N2C(=O)C(=O)/C(=C(\O)c3ccc(OC)cc3OC)C2c2cccs2)cc1. The Bertz CT molecular complexity index is 1200. The van der Waals surface area contributed by atoms with Gasteiger partial charge in [0.05, 0.1) is 32.0 Å². The average Bonchev–Trinajstić information content (AvgIpc) is 3.46. The third-order valence-corrected chi connectivity index (χ3v) is 6.27. The molecule has 7 nitrogen and oxygen atoms in total. The molecule has 1 amide bonds. The molecule has 0 spiro atoms. The van der Waals surface area contributed by atoms with Gasteiger partial charge in [0.15, 0.2) is 0 Å². The van der Waals surface area contributed by atoms with Crippen LogP contribution in [0.5, 0.6) is 17.2 Å². The van der Waals surface area contributed by atoms with E-state index in [-0.39, 0.29) is 11.3 Å². The van der Waals surface area contributed by atoms with Gasteiger partial charge in [0, 0.05) is 16.6 Å². The first-order valence-corrected chi connectivity index (χ1v) is 11.2. The van der Waals surface area contributed by atoms with Crippen molar-refractivity contribution in [2.75, 3.05) is 25.7 Å². The van der Waals surface area contributed by atoms with E-state index in [1.165, 1.54) is 30.5 Å². The number of benzene rings is 2. The molecule has 2 heterocycles. The predicted molar refractivity (Wildman–Crippen MR) is 126 cm³/mol. The molecule has 33 heavy (non-hydrogen) atoms. The van der Waals surface area contributed by atoms with Gasteiger partial charge in [-0.15, -0.1) is 11.3 Å². The van der Waals surface area contributed by atoms with Crippen LogP contribution in [0.25, 0.3) is 5.76 Å². The Labute approximate surface area is 195 Å². The number of anilines is 1. The van der Waals surface area contributed by atoms with Crippen LogP contribution in [0.3, 0.4) is 0 Å². The topological polar surface area (TPSA) is 85.3 Å². The zero-order valence-electron chi connectivity index (χ0n) is 18.4. The summed E-state index contributed by atoms with van der Waals surface area (Å²) in [7, 11) is 2.98. The monoisotopic (exact) mass is 465 g/mol.